The number of nitrogens with two attached hydrogens (primary N) is 1. The average molecular weight is 776 g/mol. The Kier molecular flexibility index (Phi) is 34.0. The van der Waals surface area contributed by atoms with E-state index in [9.17, 15) is 23.8 Å². The van der Waals surface area contributed by atoms with E-state index < -0.39 is 57.7 Å². The molecule has 0 amide bonds. The molecule has 0 radical (unpaired) electrons. The highest BCUT2D eigenvalue weighted by Gasteiger charge is 2.28. The minimum atomic E-state index is -4.74. The van der Waals surface area contributed by atoms with E-state index in [1.807, 2.05) is 18.2 Å². The van der Waals surface area contributed by atoms with Gasteiger partial charge in [-0.25, -0.2) is 4.57 Å². The van der Waals surface area contributed by atoms with Crippen LogP contribution in [0.15, 0.2) is 97.2 Å². The van der Waals surface area contributed by atoms with Crippen LogP contribution in [0.1, 0.15) is 117 Å². The van der Waals surface area contributed by atoms with Crippen LogP contribution in [0.25, 0.3) is 0 Å². The molecule has 0 heterocycles. The Morgan fingerprint density at radius 2 is 1.02 bits per heavy atom. The molecule has 0 fully saturated rings. The Labute approximate surface area is 324 Å². The standard InChI is InChI=1S/C42H66NO10P/c1-3-5-7-9-11-13-15-17-18-19-20-22-24-26-28-30-32-34-41(45)53-38(36-51-54(48,49)52-37-39(43)42(46)47)35-50-40(44)33-31-29-27-25-23-21-16-14-12-10-8-6-4-2/h5-8,11-14,17-18,20-23,27,29,38-39H,3-4,9-10,15-16,19,24-26,28,30-37,43H2,1-2H3,(H,46,47)(H,48,49)/b7-5-,8-6-,13-11-,14-12-,18-17-,22-20-,23-21-,29-27-. The summed E-state index contributed by atoms with van der Waals surface area (Å²) in [7, 11) is -4.74. The summed E-state index contributed by atoms with van der Waals surface area (Å²) >= 11 is 0. The number of hydrogen-bond acceptors (Lipinski definition) is 9. The number of aliphatic carboxylic acids is 1. The van der Waals surface area contributed by atoms with Crippen molar-refractivity contribution >= 4 is 25.7 Å². The van der Waals surface area contributed by atoms with Gasteiger partial charge in [0.15, 0.2) is 6.10 Å². The summed E-state index contributed by atoms with van der Waals surface area (Å²) in [6.07, 6.45) is 45.0. The van der Waals surface area contributed by atoms with Crippen LogP contribution in [0, 0.1) is 0 Å². The lowest BCUT2D eigenvalue weighted by Gasteiger charge is -2.20. The van der Waals surface area contributed by atoms with Gasteiger partial charge in [0.2, 0.25) is 0 Å². The number of rotatable bonds is 34. The van der Waals surface area contributed by atoms with E-state index in [1.165, 1.54) is 0 Å². The van der Waals surface area contributed by atoms with E-state index in [0.29, 0.717) is 12.8 Å². The molecule has 0 spiro atoms. The number of hydrogen-bond donors (Lipinski definition) is 3. The number of unbranched alkanes of at least 4 members (excludes halogenated alkanes) is 4. The van der Waals surface area contributed by atoms with Gasteiger partial charge in [0.05, 0.1) is 13.2 Å². The summed E-state index contributed by atoms with van der Waals surface area (Å²) in [6.45, 7) is 2.43. The number of carboxylic acids is 1. The third kappa shape index (κ3) is 35.4. The first-order valence-electron chi connectivity index (χ1n) is 19.3. The fourth-order valence-electron chi connectivity index (χ4n) is 4.36. The highest BCUT2D eigenvalue weighted by Crippen LogP contribution is 2.43. The molecule has 12 heteroatoms. The predicted octanol–water partition coefficient (Wildman–Crippen LogP) is 9.72. The zero-order valence-electron chi connectivity index (χ0n) is 32.5. The van der Waals surface area contributed by atoms with Crippen molar-refractivity contribution in [3.8, 4) is 0 Å². The fraction of sp³-hybridized carbons (Fsp3) is 0.548. The Bertz CT molecular complexity index is 1280. The lowest BCUT2D eigenvalue weighted by molar-refractivity contribution is -0.161. The summed E-state index contributed by atoms with van der Waals surface area (Å²) < 4.78 is 32.5. The fourth-order valence-corrected chi connectivity index (χ4v) is 5.14. The van der Waals surface area contributed by atoms with Gasteiger partial charge in [0, 0.05) is 12.8 Å². The molecule has 11 nitrogen and oxygen atoms in total. The summed E-state index contributed by atoms with van der Waals surface area (Å²) in [4.78, 5) is 45.7. The number of carbonyl (C=O) groups is 3. The summed E-state index contributed by atoms with van der Waals surface area (Å²) in [6, 6.07) is -1.54. The minimum Gasteiger partial charge on any atom is -0.480 e. The largest absolute Gasteiger partial charge is 0.480 e. The van der Waals surface area contributed by atoms with Crippen molar-refractivity contribution in [1.29, 1.82) is 0 Å². The van der Waals surface area contributed by atoms with E-state index in [0.717, 1.165) is 77.0 Å². The topological polar surface area (TPSA) is 172 Å². The Hall–Kier alpha value is -3.60. The van der Waals surface area contributed by atoms with Crippen LogP contribution in [-0.2, 0) is 37.5 Å². The Morgan fingerprint density at radius 1 is 0.574 bits per heavy atom. The third-order valence-corrected chi connectivity index (χ3v) is 8.29. The van der Waals surface area contributed by atoms with E-state index >= 15 is 0 Å². The maximum absolute atomic E-state index is 12.6. The molecule has 0 bridgehead atoms. The molecule has 0 aliphatic rings. The van der Waals surface area contributed by atoms with Crippen LogP contribution in [0.3, 0.4) is 0 Å². The molecule has 304 valence electrons. The first kappa shape index (κ1) is 50.4. The molecular formula is C42H66NO10P. The maximum Gasteiger partial charge on any atom is 0.472 e. The molecule has 4 N–H and O–H groups in total. The molecule has 3 atom stereocenters. The first-order chi connectivity index (χ1) is 26.1. The number of phosphoric ester groups is 1. The molecule has 0 aliphatic heterocycles. The Morgan fingerprint density at radius 3 is 1.52 bits per heavy atom. The number of phosphoric acid groups is 1. The van der Waals surface area contributed by atoms with Crippen molar-refractivity contribution in [2.45, 2.75) is 129 Å². The van der Waals surface area contributed by atoms with E-state index in [2.05, 4.69) is 97.4 Å². The molecule has 0 rings (SSSR count). The lowest BCUT2D eigenvalue weighted by atomic mass is 10.1. The number of carboxylic acid groups (broad SMARTS) is 1. The second kappa shape index (κ2) is 36.4. The van der Waals surface area contributed by atoms with Gasteiger partial charge >= 0.3 is 25.7 Å². The van der Waals surface area contributed by atoms with E-state index in [4.69, 9.17) is 24.8 Å². The van der Waals surface area contributed by atoms with Crippen molar-refractivity contribution in [2.24, 2.45) is 5.73 Å². The van der Waals surface area contributed by atoms with Crippen molar-refractivity contribution in [2.75, 3.05) is 19.8 Å². The smallest absolute Gasteiger partial charge is 0.472 e. The second-order valence-electron chi connectivity index (χ2n) is 12.3. The van der Waals surface area contributed by atoms with Gasteiger partial charge in [-0.1, -0.05) is 124 Å². The maximum atomic E-state index is 12.6. The van der Waals surface area contributed by atoms with Crippen molar-refractivity contribution in [1.82, 2.24) is 0 Å². The molecular weight excluding hydrogens is 709 g/mol. The quantitative estimate of drug-likeness (QED) is 0.0246. The zero-order valence-corrected chi connectivity index (χ0v) is 33.4. The van der Waals surface area contributed by atoms with Crippen LogP contribution >= 0.6 is 7.82 Å². The molecule has 0 aromatic carbocycles. The molecule has 3 unspecified atom stereocenters. The number of esters is 2. The third-order valence-electron chi connectivity index (χ3n) is 7.34. The molecule has 54 heavy (non-hydrogen) atoms. The molecule has 0 saturated heterocycles. The monoisotopic (exact) mass is 775 g/mol. The minimum absolute atomic E-state index is 0.0886. The van der Waals surface area contributed by atoms with Gasteiger partial charge in [0.25, 0.3) is 0 Å². The zero-order chi connectivity index (χ0) is 40.0. The lowest BCUT2D eigenvalue weighted by Crippen LogP contribution is -2.34. The number of carbonyl (C=O) groups excluding carboxylic acids is 2. The van der Waals surface area contributed by atoms with Crippen molar-refractivity contribution in [3.63, 3.8) is 0 Å². The average Bonchev–Trinajstić information content (AvgIpc) is 3.14. The number of ether oxygens (including phenoxy) is 2. The van der Waals surface area contributed by atoms with E-state index in [1.54, 1.807) is 0 Å². The SMILES string of the molecule is CC/C=C\C/C=C\C/C=C\C/C=C\CCCCCCC(=O)OC(COC(=O)CC/C=C\C/C=C\C/C=C\C/C=C\CC)COP(=O)(O)OCC(N)C(=O)O. The molecule has 0 saturated carbocycles. The van der Waals surface area contributed by atoms with Gasteiger partial charge < -0.3 is 25.2 Å². The summed E-state index contributed by atoms with van der Waals surface area (Å²) in [5.41, 5.74) is 5.31. The van der Waals surface area contributed by atoms with Crippen molar-refractivity contribution < 1.29 is 47.5 Å². The summed E-state index contributed by atoms with van der Waals surface area (Å²) in [5.74, 6) is -2.53. The van der Waals surface area contributed by atoms with E-state index in [-0.39, 0.29) is 12.8 Å². The van der Waals surface area contributed by atoms with Gasteiger partial charge in [0.1, 0.15) is 12.6 Å². The normalized spacial score (nSPS) is 14.9. The Balaban J connectivity index is 4.60. The van der Waals surface area contributed by atoms with Crippen molar-refractivity contribution in [3.05, 3.63) is 97.2 Å². The predicted molar refractivity (Wildman–Crippen MR) is 217 cm³/mol. The first-order valence-corrected chi connectivity index (χ1v) is 20.8. The molecule has 0 aromatic heterocycles. The van der Waals surface area contributed by atoms with Crippen LogP contribution < -0.4 is 5.73 Å². The van der Waals surface area contributed by atoms with Crippen LogP contribution in [0.5, 0.6) is 0 Å². The van der Waals surface area contributed by atoms with Crippen LogP contribution in [0.4, 0.5) is 0 Å². The highest BCUT2D eigenvalue weighted by molar-refractivity contribution is 7.47. The van der Waals surface area contributed by atoms with Gasteiger partial charge in [-0.05, 0) is 77.0 Å². The van der Waals surface area contributed by atoms with Gasteiger partial charge in [-0.15, -0.1) is 0 Å². The van der Waals surface area contributed by atoms with Gasteiger partial charge in [-0.3, -0.25) is 23.4 Å². The summed E-state index contributed by atoms with van der Waals surface area (Å²) in [5, 5.41) is 8.86. The number of allylic oxidation sites excluding steroid dienone is 16. The highest BCUT2D eigenvalue weighted by atomic mass is 31.2. The van der Waals surface area contributed by atoms with Gasteiger partial charge in [-0.2, -0.15) is 0 Å². The second-order valence-corrected chi connectivity index (χ2v) is 13.7. The van der Waals surface area contributed by atoms with Crippen LogP contribution in [0.2, 0.25) is 0 Å². The molecule has 0 aliphatic carbocycles. The molecule has 0 aromatic rings. The van der Waals surface area contributed by atoms with Crippen LogP contribution in [-0.4, -0.2) is 59.9 Å².